The summed E-state index contributed by atoms with van der Waals surface area (Å²) in [6.45, 7) is 7.49. The summed E-state index contributed by atoms with van der Waals surface area (Å²) >= 11 is 0. The fourth-order valence-electron chi connectivity index (χ4n) is 2.17. The van der Waals surface area contributed by atoms with E-state index < -0.39 is 11.5 Å². The smallest absolute Gasteiger partial charge is 0.168 e. The van der Waals surface area contributed by atoms with Gasteiger partial charge in [-0.25, -0.2) is 0 Å². The maximum Gasteiger partial charge on any atom is 0.168 e. The van der Waals surface area contributed by atoms with Gasteiger partial charge in [0.25, 0.3) is 0 Å². The molecule has 0 radical (unpaired) electrons. The van der Waals surface area contributed by atoms with Crippen LogP contribution in [0.5, 0.6) is 0 Å². The van der Waals surface area contributed by atoms with Crippen molar-refractivity contribution in [2.24, 2.45) is 11.8 Å². The predicted octanol–water partition coefficient (Wildman–Crippen LogP) is 3.47. The molecule has 1 rings (SSSR count). The number of hydrogen-bond donors (Lipinski definition) is 1. The summed E-state index contributed by atoms with van der Waals surface area (Å²) in [6.07, 6.45) is 3.53. The van der Waals surface area contributed by atoms with Gasteiger partial charge in [0.1, 0.15) is 0 Å². The van der Waals surface area contributed by atoms with Crippen molar-refractivity contribution >= 4 is 5.78 Å². The Balaban J connectivity index is 3.05. The second-order valence-electron chi connectivity index (χ2n) is 4.99. The quantitative estimate of drug-likeness (QED) is 0.638. The lowest BCUT2D eigenvalue weighted by Crippen LogP contribution is -2.43. The van der Waals surface area contributed by atoms with Crippen LogP contribution in [-0.2, 0) is 0 Å². The third-order valence-corrected chi connectivity index (χ3v) is 3.50. The number of ketones is 1. The van der Waals surface area contributed by atoms with Crippen LogP contribution in [0, 0.1) is 11.8 Å². The summed E-state index contributed by atoms with van der Waals surface area (Å²) < 4.78 is 0. The molecule has 0 aliphatic heterocycles. The Morgan fingerprint density at radius 2 is 1.78 bits per heavy atom. The number of rotatable bonds is 5. The van der Waals surface area contributed by atoms with Crippen LogP contribution in [0.2, 0.25) is 0 Å². The van der Waals surface area contributed by atoms with Crippen molar-refractivity contribution in [3.8, 4) is 0 Å². The zero-order chi connectivity index (χ0) is 13.8. The van der Waals surface area contributed by atoms with Crippen molar-refractivity contribution in [3.05, 3.63) is 48.0 Å². The van der Waals surface area contributed by atoms with E-state index in [2.05, 4.69) is 0 Å². The zero-order valence-electron chi connectivity index (χ0n) is 11.6. The first kappa shape index (κ1) is 14.7. The summed E-state index contributed by atoms with van der Waals surface area (Å²) in [4.78, 5) is 12.4. The number of allylic oxidation sites excluding steroid dienone is 1. The SMILES string of the molecule is C/C=C\C(O)(C(C)C)C(C)C(=O)c1ccccc1. The van der Waals surface area contributed by atoms with Gasteiger partial charge in [-0.2, -0.15) is 0 Å². The molecule has 0 heterocycles. The molecule has 1 aromatic rings. The van der Waals surface area contributed by atoms with E-state index in [-0.39, 0.29) is 11.7 Å². The van der Waals surface area contributed by atoms with E-state index in [0.717, 1.165) is 0 Å². The number of carbonyl (C=O) groups excluding carboxylic acids is 1. The third-order valence-electron chi connectivity index (χ3n) is 3.50. The van der Waals surface area contributed by atoms with Crippen LogP contribution >= 0.6 is 0 Å². The Morgan fingerprint density at radius 3 is 2.22 bits per heavy atom. The molecule has 2 unspecified atom stereocenters. The first-order chi connectivity index (χ1) is 8.43. The van der Waals surface area contributed by atoms with Crippen molar-refractivity contribution in [2.75, 3.05) is 0 Å². The highest BCUT2D eigenvalue weighted by molar-refractivity contribution is 5.98. The lowest BCUT2D eigenvalue weighted by atomic mass is 9.76. The van der Waals surface area contributed by atoms with E-state index in [9.17, 15) is 9.90 Å². The normalized spacial score (nSPS) is 16.8. The molecule has 2 atom stereocenters. The highest BCUT2D eigenvalue weighted by atomic mass is 16.3. The van der Waals surface area contributed by atoms with Crippen LogP contribution in [-0.4, -0.2) is 16.5 Å². The van der Waals surface area contributed by atoms with E-state index in [4.69, 9.17) is 0 Å². The Kier molecular flexibility index (Phi) is 4.85. The molecule has 0 amide bonds. The highest BCUT2D eigenvalue weighted by Crippen LogP contribution is 2.30. The minimum absolute atomic E-state index is 0.0173. The predicted molar refractivity (Wildman–Crippen MR) is 74.5 cm³/mol. The minimum atomic E-state index is -1.10. The number of Topliss-reactive ketones (excluding diaryl/α,β-unsaturated/α-hetero) is 1. The first-order valence-electron chi connectivity index (χ1n) is 6.39. The first-order valence-corrected chi connectivity index (χ1v) is 6.39. The van der Waals surface area contributed by atoms with E-state index in [1.807, 2.05) is 39.0 Å². The molecule has 18 heavy (non-hydrogen) atoms. The largest absolute Gasteiger partial charge is 0.385 e. The Morgan fingerprint density at radius 1 is 1.22 bits per heavy atom. The minimum Gasteiger partial charge on any atom is -0.385 e. The van der Waals surface area contributed by atoms with Gasteiger partial charge in [-0.1, -0.05) is 63.3 Å². The van der Waals surface area contributed by atoms with Gasteiger partial charge in [0.15, 0.2) is 5.78 Å². The standard InChI is InChI=1S/C16H22O2/c1-5-11-16(18,12(2)3)13(4)15(17)14-9-7-6-8-10-14/h5-13,18H,1-4H3/b11-5-. The molecule has 0 saturated heterocycles. The topological polar surface area (TPSA) is 37.3 Å². The molecular weight excluding hydrogens is 224 g/mol. The van der Waals surface area contributed by atoms with Crippen LogP contribution in [0.25, 0.3) is 0 Å². The average Bonchev–Trinajstić information content (AvgIpc) is 2.38. The third kappa shape index (κ3) is 2.88. The number of aliphatic hydroxyl groups is 1. The van der Waals surface area contributed by atoms with Crippen molar-refractivity contribution in [1.29, 1.82) is 0 Å². The summed E-state index contributed by atoms with van der Waals surface area (Å²) in [5, 5.41) is 10.7. The maximum atomic E-state index is 12.4. The van der Waals surface area contributed by atoms with Gasteiger partial charge in [-0.3, -0.25) is 4.79 Å². The van der Waals surface area contributed by atoms with Gasteiger partial charge in [0.2, 0.25) is 0 Å². The monoisotopic (exact) mass is 246 g/mol. The Bertz CT molecular complexity index is 420. The second kappa shape index (κ2) is 5.96. The summed E-state index contributed by atoms with van der Waals surface area (Å²) in [6, 6.07) is 9.13. The van der Waals surface area contributed by atoms with Crippen LogP contribution < -0.4 is 0 Å². The number of hydrogen-bond acceptors (Lipinski definition) is 2. The van der Waals surface area contributed by atoms with Crippen LogP contribution in [0.4, 0.5) is 0 Å². The van der Waals surface area contributed by atoms with Crippen molar-refractivity contribution in [1.82, 2.24) is 0 Å². The number of benzene rings is 1. The van der Waals surface area contributed by atoms with Gasteiger partial charge in [-0.05, 0) is 12.8 Å². The molecule has 0 spiro atoms. The van der Waals surface area contributed by atoms with Gasteiger partial charge in [0.05, 0.1) is 11.5 Å². The molecule has 0 aliphatic rings. The van der Waals surface area contributed by atoms with E-state index in [1.165, 1.54) is 0 Å². The summed E-state index contributed by atoms with van der Waals surface area (Å²) in [7, 11) is 0. The van der Waals surface area contributed by atoms with Crippen molar-refractivity contribution < 1.29 is 9.90 Å². The lowest BCUT2D eigenvalue weighted by Gasteiger charge is -2.34. The summed E-state index contributed by atoms with van der Waals surface area (Å²) in [5.41, 5.74) is -0.449. The Hall–Kier alpha value is -1.41. The molecule has 0 fully saturated rings. The lowest BCUT2D eigenvalue weighted by molar-refractivity contribution is -0.00110. The van der Waals surface area contributed by atoms with Crippen molar-refractivity contribution in [3.63, 3.8) is 0 Å². The van der Waals surface area contributed by atoms with E-state index in [1.54, 1.807) is 31.2 Å². The van der Waals surface area contributed by atoms with Gasteiger partial charge in [-0.15, -0.1) is 0 Å². The molecule has 0 aliphatic carbocycles. The average molecular weight is 246 g/mol. The second-order valence-corrected chi connectivity index (χ2v) is 4.99. The molecule has 1 N–H and O–H groups in total. The Labute approximate surface area is 109 Å². The fraction of sp³-hybridized carbons (Fsp3) is 0.438. The fourth-order valence-corrected chi connectivity index (χ4v) is 2.17. The molecule has 0 saturated carbocycles. The van der Waals surface area contributed by atoms with Gasteiger partial charge in [0, 0.05) is 5.56 Å². The van der Waals surface area contributed by atoms with Crippen LogP contribution in [0.1, 0.15) is 38.1 Å². The van der Waals surface area contributed by atoms with Crippen LogP contribution in [0.3, 0.4) is 0 Å². The van der Waals surface area contributed by atoms with Crippen molar-refractivity contribution in [2.45, 2.75) is 33.3 Å². The molecule has 0 aromatic heterocycles. The molecule has 2 heteroatoms. The van der Waals surface area contributed by atoms with E-state index >= 15 is 0 Å². The van der Waals surface area contributed by atoms with Gasteiger partial charge >= 0.3 is 0 Å². The number of carbonyl (C=O) groups is 1. The zero-order valence-corrected chi connectivity index (χ0v) is 11.6. The molecule has 1 aromatic carbocycles. The van der Waals surface area contributed by atoms with E-state index in [0.29, 0.717) is 5.56 Å². The van der Waals surface area contributed by atoms with Crippen LogP contribution in [0.15, 0.2) is 42.5 Å². The summed E-state index contributed by atoms with van der Waals surface area (Å²) in [5.74, 6) is -0.502. The molecule has 0 bridgehead atoms. The maximum absolute atomic E-state index is 12.4. The van der Waals surface area contributed by atoms with Gasteiger partial charge < -0.3 is 5.11 Å². The molecule has 2 nitrogen and oxygen atoms in total. The molecular formula is C16H22O2. The highest BCUT2D eigenvalue weighted by Gasteiger charge is 2.38. The molecule has 98 valence electrons.